The number of aryl methyl sites for hydroxylation is 1. The molecule has 2 amide bonds. The number of para-hydroxylation sites is 3. The number of hydrogen-bond donors (Lipinski definition) is 1. The molecule has 3 aromatic carbocycles. The highest BCUT2D eigenvalue weighted by Gasteiger charge is 2.15. The van der Waals surface area contributed by atoms with Crippen molar-refractivity contribution in [2.75, 3.05) is 16.8 Å². The van der Waals surface area contributed by atoms with Gasteiger partial charge in [0.1, 0.15) is 5.75 Å². The summed E-state index contributed by atoms with van der Waals surface area (Å²) in [6.07, 6.45) is 0.174. The molecule has 0 unspecified atom stereocenters. The summed E-state index contributed by atoms with van der Waals surface area (Å²) < 4.78 is 5.88. The highest BCUT2D eigenvalue weighted by molar-refractivity contribution is 5.95. The Hall–Kier alpha value is -3.60. The Morgan fingerprint density at radius 3 is 2.38 bits per heavy atom. The van der Waals surface area contributed by atoms with Crippen LogP contribution in [0.1, 0.15) is 18.9 Å². The molecule has 0 saturated carbocycles. The number of hydrogen-bond acceptors (Lipinski definition) is 3. The zero-order chi connectivity index (χ0) is 20.6. The summed E-state index contributed by atoms with van der Waals surface area (Å²) in [6.45, 7) is 3.77. The normalized spacial score (nSPS) is 10.3. The lowest BCUT2D eigenvalue weighted by Gasteiger charge is -2.21. The molecule has 0 bridgehead atoms. The molecular weight excluding hydrogens is 364 g/mol. The third-order valence-electron chi connectivity index (χ3n) is 4.39. The molecule has 0 fully saturated rings. The topological polar surface area (TPSA) is 58.6 Å². The van der Waals surface area contributed by atoms with E-state index in [4.69, 9.17) is 4.74 Å². The summed E-state index contributed by atoms with van der Waals surface area (Å²) in [5, 5.41) is 2.89. The second-order valence-electron chi connectivity index (χ2n) is 6.72. The van der Waals surface area contributed by atoms with Crippen molar-refractivity contribution in [3.63, 3.8) is 0 Å². The third-order valence-corrected chi connectivity index (χ3v) is 4.39. The van der Waals surface area contributed by atoms with Crippen LogP contribution in [0.15, 0.2) is 78.9 Å². The van der Waals surface area contributed by atoms with Gasteiger partial charge in [0.05, 0.1) is 5.69 Å². The molecule has 0 aliphatic rings. The predicted octanol–water partition coefficient (Wildman–Crippen LogP) is 5.17. The van der Waals surface area contributed by atoms with Crippen LogP contribution in [-0.4, -0.2) is 18.4 Å². The van der Waals surface area contributed by atoms with Crippen LogP contribution in [0.3, 0.4) is 0 Å². The van der Waals surface area contributed by atoms with Crippen molar-refractivity contribution >= 4 is 23.2 Å². The van der Waals surface area contributed by atoms with E-state index in [9.17, 15) is 9.59 Å². The van der Waals surface area contributed by atoms with Crippen molar-refractivity contribution in [1.29, 1.82) is 0 Å². The first-order valence-corrected chi connectivity index (χ1v) is 9.49. The van der Waals surface area contributed by atoms with Crippen LogP contribution >= 0.6 is 0 Å². The molecule has 0 aliphatic heterocycles. The summed E-state index contributed by atoms with van der Waals surface area (Å²) in [5.74, 6) is 0.967. The molecule has 0 aliphatic carbocycles. The van der Waals surface area contributed by atoms with Gasteiger partial charge >= 0.3 is 0 Å². The fraction of sp³-hybridized carbons (Fsp3) is 0.167. The summed E-state index contributed by atoms with van der Waals surface area (Å²) in [5.41, 5.74) is 2.44. The average molecular weight is 388 g/mol. The fourth-order valence-corrected chi connectivity index (χ4v) is 2.96. The Morgan fingerprint density at radius 2 is 1.66 bits per heavy atom. The van der Waals surface area contributed by atoms with Crippen LogP contribution < -0.4 is 15.0 Å². The van der Waals surface area contributed by atoms with E-state index >= 15 is 0 Å². The van der Waals surface area contributed by atoms with Crippen LogP contribution in [0.5, 0.6) is 11.5 Å². The molecule has 0 atom stereocenters. The third kappa shape index (κ3) is 5.69. The number of nitrogens with zero attached hydrogens (tertiary/aromatic N) is 1. The number of amides is 2. The Labute approximate surface area is 170 Å². The summed E-state index contributed by atoms with van der Waals surface area (Å²) in [7, 11) is 0. The van der Waals surface area contributed by atoms with Gasteiger partial charge < -0.3 is 15.0 Å². The number of benzene rings is 3. The molecule has 1 N–H and O–H groups in total. The molecule has 0 saturated heterocycles. The first kappa shape index (κ1) is 20.1. The van der Waals surface area contributed by atoms with E-state index in [1.54, 1.807) is 17.0 Å². The van der Waals surface area contributed by atoms with Crippen molar-refractivity contribution in [2.24, 2.45) is 0 Å². The lowest BCUT2D eigenvalue weighted by atomic mass is 10.2. The molecule has 0 heterocycles. The van der Waals surface area contributed by atoms with E-state index in [1.165, 1.54) is 6.92 Å². The van der Waals surface area contributed by atoms with Gasteiger partial charge in [-0.15, -0.1) is 0 Å². The Morgan fingerprint density at radius 1 is 0.931 bits per heavy atom. The second-order valence-corrected chi connectivity index (χ2v) is 6.72. The van der Waals surface area contributed by atoms with Crippen LogP contribution in [0, 0.1) is 6.92 Å². The minimum atomic E-state index is -0.187. The van der Waals surface area contributed by atoms with Gasteiger partial charge in [-0.05, 0) is 48.9 Å². The number of nitrogens with one attached hydrogen (secondary N) is 1. The van der Waals surface area contributed by atoms with Crippen LogP contribution in [0.4, 0.5) is 11.4 Å². The Balaban J connectivity index is 1.65. The van der Waals surface area contributed by atoms with E-state index in [1.807, 2.05) is 73.7 Å². The number of anilines is 2. The summed E-state index contributed by atoms with van der Waals surface area (Å²) in [4.78, 5) is 26.2. The quantitative estimate of drug-likeness (QED) is 0.607. The minimum absolute atomic E-state index is 0.101. The average Bonchev–Trinajstić information content (AvgIpc) is 2.70. The monoisotopic (exact) mass is 388 g/mol. The van der Waals surface area contributed by atoms with Crippen molar-refractivity contribution in [2.45, 2.75) is 20.3 Å². The summed E-state index contributed by atoms with van der Waals surface area (Å²) >= 11 is 0. The van der Waals surface area contributed by atoms with Crippen LogP contribution in [0.25, 0.3) is 0 Å². The number of ether oxygens (including phenoxy) is 1. The van der Waals surface area contributed by atoms with Crippen molar-refractivity contribution in [1.82, 2.24) is 0 Å². The molecule has 29 heavy (non-hydrogen) atoms. The minimum Gasteiger partial charge on any atom is -0.455 e. The molecule has 148 valence electrons. The van der Waals surface area contributed by atoms with E-state index in [2.05, 4.69) is 5.32 Å². The number of carbonyl (C=O) groups excluding carboxylic acids is 2. The van der Waals surface area contributed by atoms with Crippen molar-refractivity contribution in [3.8, 4) is 11.5 Å². The van der Waals surface area contributed by atoms with Gasteiger partial charge in [-0.2, -0.15) is 0 Å². The Kier molecular flexibility index (Phi) is 6.63. The van der Waals surface area contributed by atoms with E-state index < -0.39 is 0 Å². The molecular formula is C24H24N2O3. The van der Waals surface area contributed by atoms with Gasteiger partial charge in [0.15, 0.2) is 5.75 Å². The maximum atomic E-state index is 12.5. The second kappa shape index (κ2) is 9.55. The maximum Gasteiger partial charge on any atom is 0.226 e. The molecule has 0 radical (unpaired) electrons. The maximum absolute atomic E-state index is 12.5. The smallest absolute Gasteiger partial charge is 0.226 e. The molecule has 0 aromatic heterocycles. The van der Waals surface area contributed by atoms with Crippen LogP contribution in [-0.2, 0) is 9.59 Å². The molecule has 5 heteroatoms. The molecule has 3 aromatic rings. The highest BCUT2D eigenvalue weighted by atomic mass is 16.5. The van der Waals surface area contributed by atoms with Crippen LogP contribution in [0.2, 0.25) is 0 Å². The van der Waals surface area contributed by atoms with E-state index in [-0.39, 0.29) is 18.2 Å². The fourth-order valence-electron chi connectivity index (χ4n) is 2.96. The molecule has 5 nitrogen and oxygen atoms in total. The lowest BCUT2D eigenvalue weighted by molar-refractivity contribution is -0.117. The first-order valence-electron chi connectivity index (χ1n) is 9.49. The first-order chi connectivity index (χ1) is 14.0. The molecule has 3 rings (SSSR count). The predicted molar refractivity (Wildman–Crippen MR) is 115 cm³/mol. The van der Waals surface area contributed by atoms with E-state index in [0.29, 0.717) is 23.7 Å². The van der Waals surface area contributed by atoms with E-state index in [0.717, 1.165) is 11.3 Å². The van der Waals surface area contributed by atoms with Gasteiger partial charge in [0, 0.05) is 25.6 Å². The van der Waals surface area contributed by atoms with Gasteiger partial charge in [-0.3, -0.25) is 9.59 Å². The number of rotatable bonds is 7. The van der Waals surface area contributed by atoms with Gasteiger partial charge in [-0.25, -0.2) is 0 Å². The Bertz CT molecular complexity index is 986. The SMILES string of the molecule is CC(=O)N(CCC(=O)Nc1ccccc1Oc1ccccc1)c1cccc(C)c1. The lowest BCUT2D eigenvalue weighted by Crippen LogP contribution is -2.32. The summed E-state index contributed by atoms with van der Waals surface area (Å²) in [6, 6.07) is 24.3. The highest BCUT2D eigenvalue weighted by Crippen LogP contribution is 2.29. The largest absolute Gasteiger partial charge is 0.455 e. The zero-order valence-electron chi connectivity index (χ0n) is 16.6. The van der Waals surface area contributed by atoms with Crippen molar-refractivity contribution in [3.05, 3.63) is 84.4 Å². The van der Waals surface area contributed by atoms with Gasteiger partial charge in [-0.1, -0.05) is 42.5 Å². The van der Waals surface area contributed by atoms with Gasteiger partial charge in [0.2, 0.25) is 11.8 Å². The standard InChI is InChI=1S/C24H24N2O3/c1-18-9-8-10-20(17-18)26(19(2)27)16-15-24(28)25-22-13-6-7-14-23(22)29-21-11-4-3-5-12-21/h3-14,17H,15-16H2,1-2H3,(H,25,28). The molecule has 0 spiro atoms. The number of carbonyl (C=O) groups is 2. The van der Waals surface area contributed by atoms with Crippen molar-refractivity contribution < 1.29 is 14.3 Å². The van der Waals surface area contributed by atoms with Gasteiger partial charge in [0.25, 0.3) is 0 Å². The zero-order valence-corrected chi connectivity index (χ0v) is 16.6.